The van der Waals surface area contributed by atoms with E-state index in [1.54, 1.807) is 24.4 Å². The van der Waals surface area contributed by atoms with E-state index in [0.717, 1.165) is 5.69 Å². The van der Waals surface area contributed by atoms with Crippen molar-refractivity contribution < 1.29 is 0 Å². The minimum atomic E-state index is 0.582. The average molecular weight is 293 g/mol. The van der Waals surface area contributed by atoms with Crippen molar-refractivity contribution in [2.24, 2.45) is 5.10 Å². The van der Waals surface area contributed by atoms with E-state index >= 15 is 0 Å². The number of rotatable bonds is 3. The highest BCUT2D eigenvalue weighted by Crippen LogP contribution is 2.22. The monoisotopic (exact) mass is 292 g/mol. The zero-order chi connectivity index (χ0) is 13.8. The van der Waals surface area contributed by atoms with E-state index in [1.165, 1.54) is 11.1 Å². The molecule has 0 spiro atoms. The standard InChI is InChI=1S/C15H14Cl2N2/c1-10-6-7-12(8-11(10)2)19-18-9-13-14(16)4-3-5-15(13)17/h3-9,19H,1-2H3/b18-9+. The van der Waals surface area contributed by atoms with Crippen molar-refractivity contribution in [2.75, 3.05) is 5.43 Å². The minimum Gasteiger partial charge on any atom is -0.278 e. The first-order valence-electron chi connectivity index (χ1n) is 5.88. The maximum absolute atomic E-state index is 6.05. The Labute approximate surface area is 123 Å². The van der Waals surface area contributed by atoms with Crippen LogP contribution in [0.1, 0.15) is 16.7 Å². The predicted molar refractivity (Wildman–Crippen MR) is 83.6 cm³/mol. The van der Waals surface area contributed by atoms with Crippen molar-refractivity contribution in [1.29, 1.82) is 0 Å². The fourth-order valence-corrected chi connectivity index (χ4v) is 2.11. The Morgan fingerprint density at radius 1 is 1.00 bits per heavy atom. The van der Waals surface area contributed by atoms with Gasteiger partial charge in [-0.2, -0.15) is 5.10 Å². The molecule has 0 radical (unpaired) electrons. The van der Waals surface area contributed by atoms with Crippen molar-refractivity contribution in [3.05, 3.63) is 63.1 Å². The summed E-state index contributed by atoms with van der Waals surface area (Å²) in [5.41, 5.74) is 7.08. The number of hydrazone groups is 1. The van der Waals surface area contributed by atoms with Crippen LogP contribution in [0.25, 0.3) is 0 Å². The van der Waals surface area contributed by atoms with Gasteiger partial charge in [-0.1, -0.05) is 35.3 Å². The lowest BCUT2D eigenvalue weighted by Gasteiger charge is -2.05. The number of halogens is 2. The zero-order valence-corrected chi connectivity index (χ0v) is 12.3. The second kappa shape index (κ2) is 6.09. The third kappa shape index (κ3) is 3.49. The van der Waals surface area contributed by atoms with Gasteiger partial charge < -0.3 is 0 Å². The van der Waals surface area contributed by atoms with Crippen molar-refractivity contribution in [1.82, 2.24) is 0 Å². The molecule has 0 atom stereocenters. The van der Waals surface area contributed by atoms with Gasteiger partial charge in [0.15, 0.2) is 0 Å². The summed E-state index contributed by atoms with van der Waals surface area (Å²) in [6.07, 6.45) is 1.62. The molecule has 0 fully saturated rings. The van der Waals surface area contributed by atoms with Crippen LogP contribution in [0.15, 0.2) is 41.5 Å². The molecule has 2 aromatic carbocycles. The molecule has 1 N–H and O–H groups in total. The van der Waals surface area contributed by atoms with Gasteiger partial charge >= 0.3 is 0 Å². The van der Waals surface area contributed by atoms with Crippen LogP contribution in [0, 0.1) is 13.8 Å². The van der Waals surface area contributed by atoms with Crippen LogP contribution in [-0.2, 0) is 0 Å². The minimum absolute atomic E-state index is 0.582. The van der Waals surface area contributed by atoms with Gasteiger partial charge in [-0.15, -0.1) is 0 Å². The van der Waals surface area contributed by atoms with Gasteiger partial charge in [0.2, 0.25) is 0 Å². The number of nitrogens with one attached hydrogen (secondary N) is 1. The Morgan fingerprint density at radius 2 is 1.68 bits per heavy atom. The van der Waals surface area contributed by atoms with Crippen LogP contribution in [0.3, 0.4) is 0 Å². The SMILES string of the molecule is Cc1ccc(N/N=C/c2c(Cl)cccc2Cl)cc1C. The fraction of sp³-hybridized carbons (Fsp3) is 0.133. The molecule has 0 saturated carbocycles. The normalized spacial score (nSPS) is 10.9. The maximum Gasteiger partial charge on any atom is 0.0574 e. The third-order valence-corrected chi connectivity index (χ3v) is 3.55. The molecule has 2 aromatic rings. The molecular formula is C15H14Cl2N2. The summed E-state index contributed by atoms with van der Waals surface area (Å²) in [4.78, 5) is 0. The molecule has 2 rings (SSSR count). The summed E-state index contributed by atoms with van der Waals surface area (Å²) >= 11 is 12.1. The second-order valence-electron chi connectivity index (χ2n) is 4.30. The largest absolute Gasteiger partial charge is 0.278 e. The second-order valence-corrected chi connectivity index (χ2v) is 5.12. The maximum atomic E-state index is 6.05. The van der Waals surface area contributed by atoms with Crippen LogP contribution in [-0.4, -0.2) is 6.21 Å². The molecule has 4 heteroatoms. The fourth-order valence-electron chi connectivity index (χ4n) is 1.62. The first kappa shape index (κ1) is 13.9. The highest BCUT2D eigenvalue weighted by molar-refractivity contribution is 6.38. The Balaban J connectivity index is 2.13. The summed E-state index contributed by atoms with van der Waals surface area (Å²) in [6.45, 7) is 4.14. The van der Waals surface area contributed by atoms with Gasteiger partial charge in [-0.3, -0.25) is 5.43 Å². The van der Waals surface area contributed by atoms with Gasteiger partial charge in [0.1, 0.15) is 0 Å². The lowest BCUT2D eigenvalue weighted by molar-refractivity contribution is 1.29. The van der Waals surface area contributed by atoms with Crippen molar-refractivity contribution in [3.8, 4) is 0 Å². The number of aryl methyl sites for hydroxylation is 2. The van der Waals surface area contributed by atoms with Gasteiger partial charge in [-0.25, -0.2) is 0 Å². The molecule has 0 aliphatic rings. The molecule has 0 aromatic heterocycles. The van der Waals surface area contributed by atoms with Crippen molar-refractivity contribution in [2.45, 2.75) is 13.8 Å². The van der Waals surface area contributed by atoms with Gasteiger partial charge in [0.05, 0.1) is 21.9 Å². The molecule has 98 valence electrons. The van der Waals surface area contributed by atoms with E-state index in [0.29, 0.717) is 15.6 Å². The summed E-state index contributed by atoms with van der Waals surface area (Å²) < 4.78 is 0. The number of hydrogen-bond acceptors (Lipinski definition) is 2. The Bertz CT molecular complexity index is 601. The van der Waals surface area contributed by atoms with Crippen LogP contribution in [0.4, 0.5) is 5.69 Å². The zero-order valence-electron chi connectivity index (χ0n) is 10.7. The summed E-state index contributed by atoms with van der Waals surface area (Å²) in [6, 6.07) is 11.4. The predicted octanol–water partition coefficient (Wildman–Crippen LogP) is 5.06. The Hall–Kier alpha value is -1.51. The lowest BCUT2D eigenvalue weighted by atomic mass is 10.1. The van der Waals surface area contributed by atoms with Crippen LogP contribution in [0.5, 0.6) is 0 Å². The van der Waals surface area contributed by atoms with E-state index in [2.05, 4.69) is 30.4 Å². The number of anilines is 1. The molecular weight excluding hydrogens is 279 g/mol. The van der Waals surface area contributed by atoms with Gasteiger partial charge in [0.25, 0.3) is 0 Å². The first-order chi connectivity index (χ1) is 9.08. The molecule has 0 heterocycles. The van der Waals surface area contributed by atoms with Crippen LogP contribution >= 0.6 is 23.2 Å². The molecule has 2 nitrogen and oxygen atoms in total. The molecule has 0 bridgehead atoms. The topological polar surface area (TPSA) is 24.4 Å². The molecule has 0 saturated heterocycles. The van der Waals surface area contributed by atoms with Gasteiger partial charge in [-0.05, 0) is 49.2 Å². The smallest absolute Gasteiger partial charge is 0.0574 e. The quantitative estimate of drug-likeness (QED) is 0.621. The number of benzene rings is 2. The van der Waals surface area contributed by atoms with Gasteiger partial charge in [0, 0.05) is 5.56 Å². The Morgan fingerprint density at radius 3 is 2.32 bits per heavy atom. The number of nitrogens with zero attached hydrogens (tertiary/aromatic N) is 1. The Kier molecular flexibility index (Phi) is 4.46. The number of hydrogen-bond donors (Lipinski definition) is 1. The molecule has 0 unspecified atom stereocenters. The average Bonchev–Trinajstić information content (AvgIpc) is 2.37. The van der Waals surface area contributed by atoms with Crippen molar-refractivity contribution in [3.63, 3.8) is 0 Å². The molecule has 0 aliphatic heterocycles. The summed E-state index contributed by atoms with van der Waals surface area (Å²) in [7, 11) is 0. The van der Waals surface area contributed by atoms with E-state index in [1.807, 2.05) is 12.1 Å². The van der Waals surface area contributed by atoms with Crippen molar-refractivity contribution >= 4 is 35.1 Å². The molecule has 0 amide bonds. The highest BCUT2D eigenvalue weighted by atomic mass is 35.5. The first-order valence-corrected chi connectivity index (χ1v) is 6.64. The third-order valence-electron chi connectivity index (χ3n) is 2.89. The molecule has 19 heavy (non-hydrogen) atoms. The van der Waals surface area contributed by atoms with Crippen LogP contribution in [0.2, 0.25) is 10.0 Å². The molecule has 0 aliphatic carbocycles. The van der Waals surface area contributed by atoms with Crippen LogP contribution < -0.4 is 5.43 Å². The highest BCUT2D eigenvalue weighted by Gasteiger charge is 2.01. The van der Waals surface area contributed by atoms with E-state index in [-0.39, 0.29) is 0 Å². The summed E-state index contributed by atoms with van der Waals surface area (Å²) in [5, 5.41) is 5.32. The lowest BCUT2D eigenvalue weighted by Crippen LogP contribution is -1.93. The van der Waals surface area contributed by atoms with E-state index in [9.17, 15) is 0 Å². The van der Waals surface area contributed by atoms with E-state index in [4.69, 9.17) is 23.2 Å². The summed E-state index contributed by atoms with van der Waals surface area (Å²) in [5.74, 6) is 0. The van der Waals surface area contributed by atoms with E-state index < -0.39 is 0 Å².